The van der Waals surface area contributed by atoms with Crippen molar-refractivity contribution in [2.75, 3.05) is 19.3 Å². The molecule has 2 N–H and O–H groups in total. The second-order valence-electron chi connectivity index (χ2n) is 16.7. The van der Waals surface area contributed by atoms with E-state index in [-0.39, 0.29) is 29.4 Å². The molecule has 7 atom stereocenters. The number of halogens is 2. The summed E-state index contributed by atoms with van der Waals surface area (Å²) >= 11 is 0. The fraction of sp³-hybridized carbons (Fsp3) is 0.625. The second-order valence-corrected chi connectivity index (χ2v) is 18.6. The van der Waals surface area contributed by atoms with Gasteiger partial charge in [-0.25, -0.2) is 17.2 Å². The number of hydrogen-bond donors (Lipinski definition) is 2. The van der Waals surface area contributed by atoms with E-state index in [1.165, 1.54) is 16.6 Å². The van der Waals surface area contributed by atoms with Crippen molar-refractivity contribution in [2.45, 2.75) is 110 Å². The molecule has 0 spiro atoms. The molecule has 9 heteroatoms. The van der Waals surface area contributed by atoms with E-state index in [9.17, 15) is 32.2 Å². The van der Waals surface area contributed by atoms with Crippen molar-refractivity contribution in [3.63, 3.8) is 0 Å². The van der Waals surface area contributed by atoms with Crippen molar-refractivity contribution in [1.82, 2.24) is 4.31 Å². The molecule has 2 aromatic carbocycles. The lowest BCUT2D eigenvalue weighted by Crippen LogP contribution is -2.58. The quantitative estimate of drug-likeness (QED) is 0.230. The number of aliphatic hydroxyl groups excluding tert-OH is 1. The monoisotopic (exact) mass is 697 g/mol. The number of carbonyl (C=O) groups is 1. The number of ketones is 1. The summed E-state index contributed by atoms with van der Waals surface area (Å²) in [7, 11) is -3.66. The van der Waals surface area contributed by atoms with E-state index in [0.29, 0.717) is 74.5 Å². The van der Waals surface area contributed by atoms with Gasteiger partial charge in [-0.15, -0.1) is 0 Å². The molecule has 6 aliphatic carbocycles. The smallest absolute Gasteiger partial charge is 0.211 e. The van der Waals surface area contributed by atoms with Crippen LogP contribution in [0.2, 0.25) is 0 Å². The van der Waals surface area contributed by atoms with Gasteiger partial charge in [0.15, 0.2) is 17.4 Å². The van der Waals surface area contributed by atoms with Crippen molar-refractivity contribution in [3.05, 3.63) is 81.9 Å². The molecule has 0 heterocycles. The Balaban J connectivity index is 1.41. The lowest BCUT2D eigenvalue weighted by Gasteiger charge is -2.60. The highest BCUT2D eigenvalue weighted by atomic mass is 32.2. The molecule has 2 aromatic rings. The summed E-state index contributed by atoms with van der Waals surface area (Å²) in [6.07, 6.45) is 9.64. The topological polar surface area (TPSA) is 94.9 Å². The highest BCUT2D eigenvalue weighted by Crippen LogP contribution is 2.62. The largest absolute Gasteiger partial charge is 0.393 e. The molecule has 0 saturated heterocycles. The van der Waals surface area contributed by atoms with Gasteiger partial charge in [0.05, 0.1) is 18.0 Å². The predicted octanol–water partition coefficient (Wildman–Crippen LogP) is 7.57. The van der Waals surface area contributed by atoms with Crippen LogP contribution in [0.5, 0.6) is 0 Å². The molecule has 0 amide bonds. The van der Waals surface area contributed by atoms with Gasteiger partial charge in [0.2, 0.25) is 10.0 Å². The number of carbonyl (C=O) groups excluding carboxylic acids is 1. The molecule has 6 nitrogen and oxygen atoms in total. The second kappa shape index (κ2) is 13.3. The number of aliphatic hydroxyl groups is 2. The first-order valence-electron chi connectivity index (χ1n) is 18.1. The van der Waals surface area contributed by atoms with Crippen LogP contribution in [0.3, 0.4) is 0 Å². The zero-order valence-corrected chi connectivity index (χ0v) is 30.5. The van der Waals surface area contributed by atoms with Crippen LogP contribution in [0.15, 0.2) is 48.0 Å². The predicted molar refractivity (Wildman–Crippen MR) is 188 cm³/mol. The highest BCUT2D eigenvalue weighted by molar-refractivity contribution is 7.88. The van der Waals surface area contributed by atoms with Crippen LogP contribution in [0.4, 0.5) is 8.78 Å². The molecule has 7 unspecified atom stereocenters. The van der Waals surface area contributed by atoms with E-state index >= 15 is 0 Å². The first-order valence-corrected chi connectivity index (χ1v) is 19.9. The third-order valence-electron chi connectivity index (χ3n) is 13.4. The highest BCUT2D eigenvalue weighted by Gasteiger charge is 2.59. The van der Waals surface area contributed by atoms with Gasteiger partial charge in [0, 0.05) is 29.6 Å². The molecule has 0 aliphatic heterocycles. The summed E-state index contributed by atoms with van der Waals surface area (Å²) < 4.78 is 56.7. The summed E-state index contributed by atoms with van der Waals surface area (Å²) in [4.78, 5) is 14.1. The molecule has 4 fully saturated rings. The number of hydrogen-bond acceptors (Lipinski definition) is 5. The molecule has 6 aliphatic rings. The number of rotatable bonds is 7. The normalized spacial score (nSPS) is 33.0. The van der Waals surface area contributed by atoms with Crippen molar-refractivity contribution < 1.29 is 32.2 Å². The summed E-state index contributed by atoms with van der Waals surface area (Å²) in [5.41, 5.74) is 0.946. The molecule has 8 rings (SSSR count). The summed E-state index contributed by atoms with van der Waals surface area (Å²) in [6, 6.07) is 8.71. The van der Waals surface area contributed by atoms with Crippen molar-refractivity contribution in [1.29, 1.82) is 0 Å². The molecule has 268 valence electrons. The maximum Gasteiger partial charge on any atom is 0.211 e. The molecule has 4 bridgehead atoms. The van der Waals surface area contributed by atoms with Crippen molar-refractivity contribution >= 4 is 15.8 Å². The number of allylic oxidation sites excluding steroid dienone is 2. The van der Waals surface area contributed by atoms with Crippen LogP contribution < -0.4 is 0 Å². The third kappa shape index (κ3) is 6.82. The Labute approximate surface area is 291 Å². The van der Waals surface area contributed by atoms with Gasteiger partial charge in [0.25, 0.3) is 0 Å². The minimum Gasteiger partial charge on any atom is -0.393 e. The molecular formula is C40H53F2NO5S. The Morgan fingerprint density at radius 3 is 2.43 bits per heavy atom. The Kier molecular flexibility index (Phi) is 9.83. The Bertz CT molecular complexity index is 1740. The summed E-state index contributed by atoms with van der Waals surface area (Å²) in [5.74, 6) is -1.53. The van der Waals surface area contributed by atoms with Gasteiger partial charge in [0.1, 0.15) is 0 Å². The van der Waals surface area contributed by atoms with Gasteiger partial charge in [-0.05, 0) is 136 Å². The summed E-state index contributed by atoms with van der Waals surface area (Å²) in [5, 5.41) is 23.7. The van der Waals surface area contributed by atoms with Crippen LogP contribution in [0, 0.1) is 40.2 Å². The van der Waals surface area contributed by atoms with E-state index in [4.69, 9.17) is 0 Å². The van der Waals surface area contributed by atoms with E-state index in [0.717, 1.165) is 42.5 Å². The Morgan fingerprint density at radius 2 is 1.76 bits per heavy atom. The van der Waals surface area contributed by atoms with Gasteiger partial charge in [-0.3, -0.25) is 4.79 Å². The minimum atomic E-state index is -3.66. The number of sulfonamides is 1. The zero-order chi connectivity index (χ0) is 35.5. The first-order chi connectivity index (χ1) is 22.9. The zero-order valence-electron chi connectivity index (χ0n) is 29.6. The number of fused-ring (bicyclic) bond motifs is 10. The fourth-order valence-electron chi connectivity index (χ4n) is 10.0. The average Bonchev–Trinajstić information content (AvgIpc) is 3.29. The van der Waals surface area contributed by atoms with Crippen LogP contribution in [-0.4, -0.2) is 59.8 Å². The van der Waals surface area contributed by atoms with Crippen LogP contribution in [0.25, 0.3) is 0 Å². The van der Waals surface area contributed by atoms with Gasteiger partial charge < -0.3 is 10.2 Å². The summed E-state index contributed by atoms with van der Waals surface area (Å²) in [6.45, 7) is 9.05. The van der Waals surface area contributed by atoms with Crippen LogP contribution >= 0.6 is 0 Å². The first kappa shape index (κ1) is 36.3. The van der Waals surface area contributed by atoms with E-state index < -0.39 is 44.6 Å². The standard InChI is InChI=1S/C40H53F2NO5S/c1-25-7-6-17-39(4)33(16-18-40(39,46)24-43(49(5,47)48)23-28-10-12-29-22-34(28)38(29,2)3)31-14-9-26(19-30(44)13-8-25)20-32(31)37(45)27-11-15-35(41)36(42)21-27/h7,9,11,14-15,20-21,28-30,33-34,44,46H,6,8,10,12-13,16-19,22-24H2,1-5H3. The van der Waals surface area contributed by atoms with Crippen LogP contribution in [-0.2, 0) is 16.4 Å². The minimum absolute atomic E-state index is 0.0179. The average molecular weight is 698 g/mol. The Morgan fingerprint density at radius 1 is 1.00 bits per heavy atom. The lowest BCUT2D eigenvalue weighted by molar-refractivity contribution is -0.114. The molecule has 4 saturated carbocycles. The molecule has 49 heavy (non-hydrogen) atoms. The third-order valence-corrected chi connectivity index (χ3v) is 14.7. The van der Waals surface area contributed by atoms with E-state index in [1.54, 1.807) is 6.07 Å². The number of nitrogens with zero attached hydrogens (tertiary/aromatic N) is 1. The molecular weight excluding hydrogens is 645 g/mol. The fourth-order valence-corrected chi connectivity index (χ4v) is 11.0. The SMILES string of the molecule is CC1=CCCC2(C)C(CCC2(O)CN(CC2CCC3CC2C3(C)C)S(C)(=O)=O)c2ccc(cc2C(=O)c2ccc(F)c(F)c2)CC(O)CC1. The molecule has 0 aromatic heterocycles. The maximum absolute atomic E-state index is 14.4. The van der Waals surface area contributed by atoms with Gasteiger partial charge >= 0.3 is 0 Å². The van der Waals surface area contributed by atoms with Gasteiger partial charge in [-0.1, -0.05) is 44.6 Å². The Hall–Kier alpha value is -2.46. The lowest BCUT2D eigenvalue weighted by atomic mass is 9.45. The molecule has 0 radical (unpaired) electrons. The number of benzene rings is 2. The van der Waals surface area contributed by atoms with Crippen LogP contribution in [0.1, 0.15) is 118 Å². The van der Waals surface area contributed by atoms with Gasteiger partial charge in [-0.2, -0.15) is 4.31 Å². The van der Waals surface area contributed by atoms with Crippen molar-refractivity contribution in [3.8, 4) is 0 Å². The van der Waals surface area contributed by atoms with E-state index in [2.05, 4.69) is 19.9 Å². The van der Waals surface area contributed by atoms with E-state index in [1.807, 2.05) is 26.0 Å². The maximum atomic E-state index is 14.4. The van der Waals surface area contributed by atoms with Crippen molar-refractivity contribution in [2.24, 2.45) is 28.6 Å².